The second-order valence-electron chi connectivity index (χ2n) is 4.85. The minimum absolute atomic E-state index is 0.362. The molecule has 0 aliphatic carbocycles. The number of aromatic nitrogens is 1. The zero-order valence-corrected chi connectivity index (χ0v) is 12.8. The monoisotopic (exact) mass is 309 g/mol. The molecule has 2 N–H and O–H groups in total. The van der Waals surface area contributed by atoms with Gasteiger partial charge in [-0.3, -0.25) is 0 Å². The molecule has 0 bridgehead atoms. The molecule has 2 rings (SSSR count). The number of hydrogen-bond donors (Lipinski definition) is 2. The van der Waals surface area contributed by atoms with E-state index in [1.54, 1.807) is 25.3 Å². The SMILES string of the molecule is CCOC(=O)/C=C/c1cnc(NC2CCNCC2)c(Cl)c1. The summed E-state index contributed by atoms with van der Waals surface area (Å²) in [5, 5.41) is 7.23. The van der Waals surface area contributed by atoms with Crippen LogP contribution in [-0.2, 0) is 9.53 Å². The highest BCUT2D eigenvalue weighted by Crippen LogP contribution is 2.23. The molecule has 5 nitrogen and oxygen atoms in total. The lowest BCUT2D eigenvalue weighted by atomic mass is 10.1. The third-order valence-corrected chi connectivity index (χ3v) is 3.53. The molecule has 1 aromatic rings. The molecule has 0 aromatic carbocycles. The second-order valence-corrected chi connectivity index (χ2v) is 5.26. The van der Waals surface area contributed by atoms with Gasteiger partial charge in [0.25, 0.3) is 0 Å². The van der Waals surface area contributed by atoms with Crippen molar-refractivity contribution in [3.05, 3.63) is 28.9 Å². The standard InChI is InChI=1S/C15H20ClN3O2/c1-2-21-14(20)4-3-11-9-13(16)15(18-10-11)19-12-5-7-17-8-6-12/h3-4,9-10,12,17H,2,5-8H2,1H3,(H,18,19)/b4-3+. The number of anilines is 1. The Morgan fingerprint density at radius 3 is 3.00 bits per heavy atom. The molecule has 0 saturated carbocycles. The van der Waals surface area contributed by atoms with Gasteiger partial charge in [0.15, 0.2) is 0 Å². The number of carbonyl (C=O) groups excluding carboxylic acids is 1. The van der Waals surface area contributed by atoms with Gasteiger partial charge in [-0.15, -0.1) is 0 Å². The van der Waals surface area contributed by atoms with Crippen LogP contribution in [0.25, 0.3) is 6.08 Å². The second kappa shape index (κ2) is 8.00. The maximum Gasteiger partial charge on any atom is 0.330 e. The van der Waals surface area contributed by atoms with E-state index in [4.69, 9.17) is 16.3 Å². The Morgan fingerprint density at radius 1 is 1.57 bits per heavy atom. The van der Waals surface area contributed by atoms with E-state index in [0.29, 0.717) is 23.5 Å². The predicted octanol–water partition coefficient (Wildman–Crippen LogP) is 2.48. The van der Waals surface area contributed by atoms with Crippen LogP contribution in [0.3, 0.4) is 0 Å². The Hall–Kier alpha value is -1.59. The fourth-order valence-electron chi connectivity index (χ4n) is 2.16. The molecule has 0 spiro atoms. The number of halogens is 1. The van der Waals surface area contributed by atoms with Crippen molar-refractivity contribution in [3.8, 4) is 0 Å². The van der Waals surface area contributed by atoms with Crippen LogP contribution in [0.1, 0.15) is 25.3 Å². The molecule has 0 unspecified atom stereocenters. The molecular formula is C15H20ClN3O2. The van der Waals surface area contributed by atoms with E-state index in [1.165, 1.54) is 6.08 Å². The molecular weight excluding hydrogens is 290 g/mol. The first-order valence-electron chi connectivity index (χ1n) is 7.16. The summed E-state index contributed by atoms with van der Waals surface area (Å²) in [6, 6.07) is 2.19. The van der Waals surface area contributed by atoms with Crippen LogP contribution < -0.4 is 10.6 Å². The minimum atomic E-state index is -0.370. The van der Waals surface area contributed by atoms with Gasteiger partial charge < -0.3 is 15.4 Å². The maximum atomic E-state index is 11.3. The molecule has 114 valence electrons. The van der Waals surface area contributed by atoms with Crippen LogP contribution in [0.2, 0.25) is 5.02 Å². The highest BCUT2D eigenvalue weighted by Gasteiger charge is 2.14. The Kier molecular flexibility index (Phi) is 6.02. The highest BCUT2D eigenvalue weighted by molar-refractivity contribution is 6.33. The number of ether oxygens (including phenoxy) is 1. The van der Waals surface area contributed by atoms with Gasteiger partial charge in [0.2, 0.25) is 0 Å². The summed E-state index contributed by atoms with van der Waals surface area (Å²) < 4.78 is 4.82. The van der Waals surface area contributed by atoms with E-state index < -0.39 is 0 Å². The van der Waals surface area contributed by atoms with Crippen molar-refractivity contribution in [1.29, 1.82) is 0 Å². The summed E-state index contributed by atoms with van der Waals surface area (Å²) in [4.78, 5) is 15.6. The summed E-state index contributed by atoms with van der Waals surface area (Å²) >= 11 is 6.23. The number of nitrogens with one attached hydrogen (secondary N) is 2. The highest BCUT2D eigenvalue weighted by atomic mass is 35.5. The quantitative estimate of drug-likeness (QED) is 0.646. The molecule has 2 heterocycles. The van der Waals surface area contributed by atoms with Crippen LogP contribution in [0.15, 0.2) is 18.3 Å². The number of pyridine rings is 1. The third kappa shape index (κ3) is 5.02. The van der Waals surface area contributed by atoms with Gasteiger partial charge in [-0.25, -0.2) is 9.78 Å². The molecule has 0 amide bonds. The predicted molar refractivity (Wildman–Crippen MR) is 84.4 cm³/mol. The van der Waals surface area contributed by atoms with Gasteiger partial charge in [0, 0.05) is 18.3 Å². The number of rotatable bonds is 5. The molecule has 1 aromatic heterocycles. The van der Waals surface area contributed by atoms with Crippen molar-refractivity contribution in [2.75, 3.05) is 25.0 Å². The number of nitrogens with zero attached hydrogens (tertiary/aromatic N) is 1. The average molecular weight is 310 g/mol. The van der Waals surface area contributed by atoms with Crippen molar-refractivity contribution < 1.29 is 9.53 Å². The van der Waals surface area contributed by atoms with Crippen molar-refractivity contribution in [2.45, 2.75) is 25.8 Å². The van der Waals surface area contributed by atoms with Crippen LogP contribution in [0, 0.1) is 0 Å². The minimum Gasteiger partial charge on any atom is -0.463 e. The number of carbonyl (C=O) groups is 1. The molecule has 21 heavy (non-hydrogen) atoms. The van der Waals surface area contributed by atoms with Crippen molar-refractivity contribution in [2.24, 2.45) is 0 Å². The summed E-state index contributed by atoms with van der Waals surface area (Å²) in [6.07, 6.45) is 6.82. The van der Waals surface area contributed by atoms with Crippen molar-refractivity contribution in [1.82, 2.24) is 10.3 Å². The van der Waals surface area contributed by atoms with E-state index in [9.17, 15) is 4.79 Å². The molecule has 1 aliphatic rings. The van der Waals surface area contributed by atoms with E-state index in [-0.39, 0.29) is 5.97 Å². The van der Waals surface area contributed by atoms with E-state index in [1.807, 2.05) is 0 Å². The van der Waals surface area contributed by atoms with Gasteiger partial charge in [-0.1, -0.05) is 11.6 Å². The van der Waals surface area contributed by atoms with Gasteiger partial charge in [0.1, 0.15) is 5.82 Å². The Labute approximate surface area is 129 Å². The van der Waals surface area contributed by atoms with E-state index in [0.717, 1.165) is 31.5 Å². The van der Waals surface area contributed by atoms with Crippen LogP contribution in [0.4, 0.5) is 5.82 Å². The van der Waals surface area contributed by atoms with Crippen LogP contribution in [-0.4, -0.2) is 36.7 Å². The first kappa shape index (κ1) is 15.8. The number of hydrogen-bond acceptors (Lipinski definition) is 5. The topological polar surface area (TPSA) is 63.2 Å². The molecule has 0 atom stereocenters. The Bertz CT molecular complexity index is 514. The summed E-state index contributed by atoms with van der Waals surface area (Å²) in [5.41, 5.74) is 0.768. The smallest absolute Gasteiger partial charge is 0.330 e. The molecule has 1 aliphatic heterocycles. The fourth-order valence-corrected chi connectivity index (χ4v) is 2.39. The average Bonchev–Trinajstić information content (AvgIpc) is 2.49. The summed E-state index contributed by atoms with van der Waals surface area (Å²) in [6.45, 7) is 4.15. The lowest BCUT2D eigenvalue weighted by Crippen LogP contribution is -2.35. The maximum absolute atomic E-state index is 11.3. The third-order valence-electron chi connectivity index (χ3n) is 3.24. The zero-order chi connectivity index (χ0) is 15.1. The first-order chi connectivity index (χ1) is 10.2. The molecule has 6 heteroatoms. The van der Waals surface area contributed by atoms with E-state index >= 15 is 0 Å². The Balaban J connectivity index is 1.98. The van der Waals surface area contributed by atoms with Crippen LogP contribution in [0.5, 0.6) is 0 Å². The van der Waals surface area contributed by atoms with Gasteiger partial charge in [0.05, 0.1) is 11.6 Å². The lowest BCUT2D eigenvalue weighted by molar-refractivity contribution is -0.137. The van der Waals surface area contributed by atoms with Gasteiger partial charge >= 0.3 is 5.97 Å². The summed E-state index contributed by atoms with van der Waals surface area (Å²) in [7, 11) is 0. The Morgan fingerprint density at radius 2 is 2.33 bits per heavy atom. The van der Waals surface area contributed by atoms with Gasteiger partial charge in [-0.05, 0) is 50.6 Å². The largest absolute Gasteiger partial charge is 0.463 e. The molecule has 1 saturated heterocycles. The van der Waals surface area contributed by atoms with Crippen molar-refractivity contribution >= 4 is 29.5 Å². The first-order valence-corrected chi connectivity index (χ1v) is 7.54. The van der Waals surface area contributed by atoms with Crippen LogP contribution >= 0.6 is 11.6 Å². The zero-order valence-electron chi connectivity index (χ0n) is 12.1. The lowest BCUT2D eigenvalue weighted by Gasteiger charge is -2.24. The van der Waals surface area contributed by atoms with Crippen molar-refractivity contribution in [3.63, 3.8) is 0 Å². The van der Waals surface area contributed by atoms with E-state index in [2.05, 4.69) is 15.6 Å². The molecule has 1 fully saturated rings. The number of esters is 1. The fraction of sp³-hybridized carbons (Fsp3) is 0.467. The summed E-state index contributed by atoms with van der Waals surface area (Å²) in [5.74, 6) is 0.322. The molecule has 0 radical (unpaired) electrons. The number of piperidine rings is 1. The normalized spacial score (nSPS) is 16.1. The van der Waals surface area contributed by atoms with Gasteiger partial charge in [-0.2, -0.15) is 0 Å².